The van der Waals surface area contributed by atoms with E-state index in [1.807, 2.05) is 0 Å². The molecule has 1 heterocycles. The zero-order chi connectivity index (χ0) is 21.8. The predicted molar refractivity (Wildman–Crippen MR) is 111 cm³/mol. The number of ketones is 2. The van der Waals surface area contributed by atoms with E-state index in [9.17, 15) is 19.2 Å². The normalized spacial score (nSPS) is 12.2. The molecule has 7 nitrogen and oxygen atoms in total. The summed E-state index contributed by atoms with van der Waals surface area (Å²) in [4.78, 5) is 49.3. The molecule has 3 aromatic carbocycles. The van der Waals surface area contributed by atoms with Crippen LogP contribution in [0.4, 0.5) is 5.69 Å². The number of carbonyl (C=O) groups is 4. The number of esters is 1. The Labute approximate surface area is 177 Å². The van der Waals surface area contributed by atoms with Gasteiger partial charge in [-0.15, -0.1) is 0 Å². The summed E-state index contributed by atoms with van der Waals surface area (Å²) in [5.74, 6) is -1.40. The highest BCUT2D eigenvalue weighted by molar-refractivity contribution is 6.14. The van der Waals surface area contributed by atoms with Crippen molar-refractivity contribution < 1.29 is 28.7 Å². The fourth-order valence-corrected chi connectivity index (χ4v) is 3.15. The molecule has 0 radical (unpaired) electrons. The van der Waals surface area contributed by atoms with Crippen LogP contribution in [0.1, 0.15) is 36.6 Å². The van der Waals surface area contributed by atoms with Gasteiger partial charge in [0, 0.05) is 16.7 Å². The second-order valence-electron chi connectivity index (χ2n) is 6.79. The lowest BCUT2D eigenvalue weighted by Gasteiger charge is -2.18. The van der Waals surface area contributed by atoms with E-state index in [0.717, 1.165) is 0 Å². The zero-order valence-electron chi connectivity index (χ0n) is 16.3. The number of benzene rings is 3. The van der Waals surface area contributed by atoms with Gasteiger partial charge >= 0.3 is 5.97 Å². The highest BCUT2D eigenvalue weighted by Gasteiger charge is 2.21. The molecule has 0 aromatic heterocycles. The predicted octanol–water partition coefficient (Wildman–Crippen LogP) is 3.29. The number of hydrogen-bond donors (Lipinski definition) is 1. The number of rotatable bonds is 6. The second-order valence-corrected chi connectivity index (χ2v) is 6.79. The van der Waals surface area contributed by atoms with Crippen LogP contribution in [0.2, 0.25) is 0 Å². The van der Waals surface area contributed by atoms with Gasteiger partial charge in [0.1, 0.15) is 5.75 Å². The second kappa shape index (κ2) is 8.62. The van der Waals surface area contributed by atoms with E-state index in [2.05, 4.69) is 5.32 Å². The van der Waals surface area contributed by atoms with Gasteiger partial charge in [-0.25, -0.2) is 4.79 Å². The summed E-state index contributed by atoms with van der Waals surface area (Å²) in [5, 5.41) is 2.62. The maximum absolute atomic E-state index is 12.8. The lowest BCUT2D eigenvalue weighted by molar-refractivity contribution is -0.118. The van der Waals surface area contributed by atoms with Crippen molar-refractivity contribution in [3.05, 3.63) is 95.1 Å². The first-order valence-corrected chi connectivity index (χ1v) is 9.49. The number of anilines is 1. The van der Waals surface area contributed by atoms with Crippen LogP contribution in [-0.4, -0.2) is 36.7 Å². The molecule has 4 rings (SSSR count). The molecule has 31 heavy (non-hydrogen) atoms. The van der Waals surface area contributed by atoms with Crippen LogP contribution in [0.5, 0.6) is 5.75 Å². The maximum atomic E-state index is 12.8. The number of ether oxygens (including phenoxy) is 2. The molecule has 1 aliphatic heterocycles. The lowest BCUT2D eigenvalue weighted by atomic mass is 9.98. The molecule has 0 saturated heterocycles. The average Bonchev–Trinajstić information content (AvgIpc) is 2.81. The minimum Gasteiger partial charge on any atom is -0.482 e. The van der Waals surface area contributed by atoms with E-state index in [1.165, 1.54) is 18.2 Å². The van der Waals surface area contributed by atoms with Crippen LogP contribution < -0.4 is 10.1 Å². The molecular formula is C24H17NO6. The zero-order valence-corrected chi connectivity index (χ0v) is 16.3. The highest BCUT2D eigenvalue weighted by Crippen LogP contribution is 2.28. The van der Waals surface area contributed by atoms with Gasteiger partial charge in [0.05, 0.1) is 11.3 Å². The van der Waals surface area contributed by atoms with Crippen LogP contribution >= 0.6 is 0 Å². The van der Waals surface area contributed by atoms with Gasteiger partial charge in [0.2, 0.25) is 0 Å². The van der Waals surface area contributed by atoms with Gasteiger partial charge in [-0.05, 0) is 24.3 Å². The lowest BCUT2D eigenvalue weighted by Crippen LogP contribution is -2.25. The van der Waals surface area contributed by atoms with Crippen LogP contribution in [0.25, 0.3) is 0 Å². The van der Waals surface area contributed by atoms with Crippen molar-refractivity contribution in [3.8, 4) is 5.75 Å². The Balaban J connectivity index is 1.47. The van der Waals surface area contributed by atoms with E-state index in [0.29, 0.717) is 17.0 Å². The van der Waals surface area contributed by atoms with Gasteiger partial charge in [0.15, 0.2) is 24.8 Å². The third kappa shape index (κ3) is 4.35. The van der Waals surface area contributed by atoms with Gasteiger partial charge in [-0.3, -0.25) is 14.4 Å². The van der Waals surface area contributed by atoms with Crippen molar-refractivity contribution in [2.45, 2.75) is 0 Å². The summed E-state index contributed by atoms with van der Waals surface area (Å²) in [6.45, 7) is -0.598. The Morgan fingerprint density at radius 2 is 1.58 bits per heavy atom. The number of hydrogen-bond acceptors (Lipinski definition) is 6. The summed E-state index contributed by atoms with van der Waals surface area (Å²) in [7, 11) is 0. The van der Waals surface area contributed by atoms with Gasteiger partial charge in [0.25, 0.3) is 5.91 Å². The van der Waals surface area contributed by atoms with Gasteiger partial charge in [-0.1, -0.05) is 48.5 Å². The fourth-order valence-electron chi connectivity index (χ4n) is 3.15. The first kappa shape index (κ1) is 20.0. The molecule has 0 atom stereocenters. The molecule has 7 heteroatoms. The Morgan fingerprint density at radius 3 is 2.35 bits per heavy atom. The molecular weight excluding hydrogens is 398 g/mol. The van der Waals surface area contributed by atoms with Crippen LogP contribution in [0, 0.1) is 0 Å². The standard InChI is InChI=1S/C24H17NO6/c26-20(16-10-11-21-19(12-16)25-22(27)14-30-21)13-31-24(29)18-9-5-4-8-17(18)23(28)15-6-2-1-3-7-15/h1-12H,13-14H2,(H,25,27). The topological polar surface area (TPSA) is 98.8 Å². The third-order valence-electron chi connectivity index (χ3n) is 4.70. The smallest absolute Gasteiger partial charge is 0.339 e. The van der Waals surface area contributed by atoms with Crippen LogP contribution in [0.15, 0.2) is 72.8 Å². The monoisotopic (exact) mass is 415 g/mol. The number of amides is 1. The van der Waals surface area contributed by atoms with E-state index in [4.69, 9.17) is 9.47 Å². The molecule has 3 aromatic rings. The van der Waals surface area contributed by atoms with Crippen LogP contribution in [-0.2, 0) is 9.53 Å². The Kier molecular flexibility index (Phi) is 5.57. The minimum atomic E-state index is -0.775. The summed E-state index contributed by atoms with van der Waals surface area (Å²) >= 11 is 0. The van der Waals surface area contributed by atoms with E-state index in [-0.39, 0.29) is 35.0 Å². The Hall–Kier alpha value is -4.26. The molecule has 154 valence electrons. The maximum Gasteiger partial charge on any atom is 0.339 e. The molecule has 1 amide bonds. The first-order chi connectivity index (χ1) is 15.0. The van der Waals surface area contributed by atoms with Crippen molar-refractivity contribution in [3.63, 3.8) is 0 Å². The molecule has 0 fully saturated rings. The fraction of sp³-hybridized carbons (Fsp3) is 0.0833. The van der Waals surface area contributed by atoms with Crippen molar-refractivity contribution in [1.82, 2.24) is 0 Å². The van der Waals surface area contributed by atoms with E-state index in [1.54, 1.807) is 54.6 Å². The van der Waals surface area contributed by atoms with Gasteiger partial charge in [-0.2, -0.15) is 0 Å². The Bertz CT molecular complexity index is 1190. The highest BCUT2D eigenvalue weighted by atomic mass is 16.5. The first-order valence-electron chi connectivity index (χ1n) is 9.49. The molecule has 1 aliphatic rings. The largest absolute Gasteiger partial charge is 0.482 e. The summed E-state index contributed by atoms with van der Waals surface area (Å²) in [5.41, 5.74) is 1.35. The number of nitrogens with one attached hydrogen (secondary N) is 1. The molecule has 0 saturated carbocycles. The van der Waals surface area contributed by atoms with Crippen molar-refractivity contribution in [2.75, 3.05) is 18.5 Å². The quantitative estimate of drug-likeness (QED) is 0.490. The number of Topliss-reactive ketones (excluding diaryl/α,β-unsaturated/α-hetero) is 1. The van der Waals surface area contributed by atoms with Crippen molar-refractivity contribution >= 4 is 29.1 Å². The summed E-state index contributed by atoms with van der Waals surface area (Å²) < 4.78 is 10.4. The SMILES string of the molecule is O=C1COc2ccc(C(=O)COC(=O)c3ccccc3C(=O)c3ccccc3)cc2N1. The third-order valence-corrected chi connectivity index (χ3v) is 4.70. The van der Waals surface area contributed by atoms with E-state index >= 15 is 0 Å². The number of carbonyl (C=O) groups excluding carboxylic acids is 4. The molecule has 1 N–H and O–H groups in total. The van der Waals surface area contributed by atoms with Crippen LogP contribution in [0.3, 0.4) is 0 Å². The van der Waals surface area contributed by atoms with Crippen molar-refractivity contribution in [2.24, 2.45) is 0 Å². The average molecular weight is 415 g/mol. The Morgan fingerprint density at radius 1 is 0.871 bits per heavy atom. The molecule has 0 unspecified atom stereocenters. The van der Waals surface area contributed by atoms with Gasteiger partial charge < -0.3 is 14.8 Å². The van der Waals surface area contributed by atoms with E-state index < -0.39 is 18.4 Å². The molecule has 0 bridgehead atoms. The molecule has 0 spiro atoms. The van der Waals surface area contributed by atoms with Crippen molar-refractivity contribution in [1.29, 1.82) is 0 Å². The number of fused-ring (bicyclic) bond motifs is 1. The summed E-state index contributed by atoms with van der Waals surface area (Å²) in [6.07, 6.45) is 0. The summed E-state index contributed by atoms with van der Waals surface area (Å²) in [6, 6.07) is 19.4. The molecule has 0 aliphatic carbocycles. The minimum absolute atomic E-state index is 0.0789.